The average molecular weight is 247 g/mol. The Balaban J connectivity index is 1.98. The summed E-state index contributed by atoms with van der Waals surface area (Å²) in [6.45, 7) is 3.92. The molecule has 0 fully saturated rings. The minimum Gasteiger partial charge on any atom is -0.302 e. The van der Waals surface area contributed by atoms with Crippen LogP contribution in [0, 0.1) is 13.8 Å². The molecular formula is C12H13N3OS. The first kappa shape index (κ1) is 11.7. The Morgan fingerprint density at radius 3 is 2.88 bits per heavy atom. The molecule has 17 heavy (non-hydrogen) atoms. The van der Waals surface area contributed by atoms with Gasteiger partial charge in [-0.1, -0.05) is 6.07 Å². The lowest BCUT2D eigenvalue weighted by Gasteiger charge is -2.00. The van der Waals surface area contributed by atoms with Crippen LogP contribution in [-0.2, 0) is 11.2 Å². The molecule has 0 unspecified atom stereocenters. The molecule has 1 N–H and O–H groups in total. The molecule has 0 atom stereocenters. The van der Waals surface area contributed by atoms with Gasteiger partial charge in [-0.15, -0.1) is 11.3 Å². The molecule has 0 aliphatic rings. The second-order valence-corrected chi connectivity index (χ2v) is 4.95. The number of carbonyl (C=O) groups is 1. The highest BCUT2D eigenvalue weighted by Gasteiger charge is 2.08. The summed E-state index contributed by atoms with van der Waals surface area (Å²) in [7, 11) is 0. The minimum atomic E-state index is -0.0632. The van der Waals surface area contributed by atoms with E-state index < -0.39 is 0 Å². The standard InChI is InChI=1S/C12H13N3OS/c1-8-9(2)17-12(14-8)15-11(16)6-10-4-3-5-13-7-10/h3-5,7H,6H2,1-2H3,(H,14,15,16). The summed E-state index contributed by atoms with van der Waals surface area (Å²) < 4.78 is 0. The molecule has 4 nitrogen and oxygen atoms in total. The number of nitrogens with one attached hydrogen (secondary N) is 1. The van der Waals surface area contributed by atoms with Crippen molar-refractivity contribution in [2.45, 2.75) is 20.3 Å². The van der Waals surface area contributed by atoms with Crippen molar-refractivity contribution in [1.29, 1.82) is 0 Å². The zero-order valence-corrected chi connectivity index (χ0v) is 10.5. The maximum absolute atomic E-state index is 11.7. The van der Waals surface area contributed by atoms with Gasteiger partial charge in [0.2, 0.25) is 5.91 Å². The zero-order chi connectivity index (χ0) is 12.3. The van der Waals surface area contributed by atoms with E-state index in [4.69, 9.17) is 0 Å². The van der Waals surface area contributed by atoms with Crippen LogP contribution >= 0.6 is 11.3 Å². The van der Waals surface area contributed by atoms with Crippen molar-refractivity contribution in [3.05, 3.63) is 40.7 Å². The molecular weight excluding hydrogens is 234 g/mol. The number of rotatable bonds is 3. The van der Waals surface area contributed by atoms with Gasteiger partial charge in [0.05, 0.1) is 12.1 Å². The lowest BCUT2D eigenvalue weighted by Crippen LogP contribution is -2.14. The highest BCUT2D eigenvalue weighted by atomic mass is 32.1. The van der Waals surface area contributed by atoms with E-state index in [2.05, 4.69) is 15.3 Å². The van der Waals surface area contributed by atoms with Crippen LogP contribution in [0.2, 0.25) is 0 Å². The van der Waals surface area contributed by atoms with Crippen LogP contribution in [0.25, 0.3) is 0 Å². The molecule has 2 rings (SSSR count). The fourth-order valence-corrected chi connectivity index (χ4v) is 2.21. The SMILES string of the molecule is Cc1nc(NC(=O)Cc2cccnc2)sc1C. The molecule has 0 aliphatic carbocycles. The van der Waals surface area contributed by atoms with E-state index in [1.165, 1.54) is 11.3 Å². The third-order valence-corrected chi connectivity index (χ3v) is 3.35. The van der Waals surface area contributed by atoms with Gasteiger partial charge >= 0.3 is 0 Å². The predicted molar refractivity (Wildman–Crippen MR) is 68.2 cm³/mol. The Hall–Kier alpha value is -1.75. The molecule has 2 aromatic rings. The summed E-state index contributed by atoms with van der Waals surface area (Å²) in [5.41, 5.74) is 1.86. The first-order valence-corrected chi connectivity index (χ1v) is 6.09. The Morgan fingerprint density at radius 1 is 1.47 bits per heavy atom. The molecule has 0 bridgehead atoms. The maximum Gasteiger partial charge on any atom is 0.230 e. The van der Waals surface area contributed by atoms with Gasteiger partial charge in [0.25, 0.3) is 0 Å². The quantitative estimate of drug-likeness (QED) is 0.905. The van der Waals surface area contributed by atoms with E-state index in [0.29, 0.717) is 11.6 Å². The number of hydrogen-bond acceptors (Lipinski definition) is 4. The van der Waals surface area contributed by atoms with Gasteiger partial charge in [-0.3, -0.25) is 9.78 Å². The summed E-state index contributed by atoms with van der Waals surface area (Å²) in [6, 6.07) is 3.70. The summed E-state index contributed by atoms with van der Waals surface area (Å²) in [6.07, 6.45) is 3.71. The van der Waals surface area contributed by atoms with Crippen molar-refractivity contribution in [2.75, 3.05) is 5.32 Å². The fraction of sp³-hybridized carbons (Fsp3) is 0.250. The van der Waals surface area contributed by atoms with E-state index >= 15 is 0 Å². The summed E-state index contributed by atoms with van der Waals surface area (Å²) in [5, 5.41) is 3.45. The smallest absolute Gasteiger partial charge is 0.230 e. The number of pyridine rings is 1. The normalized spacial score (nSPS) is 10.2. The van der Waals surface area contributed by atoms with Crippen molar-refractivity contribution >= 4 is 22.4 Å². The monoisotopic (exact) mass is 247 g/mol. The van der Waals surface area contributed by atoms with Gasteiger partial charge in [-0.05, 0) is 25.5 Å². The van der Waals surface area contributed by atoms with E-state index in [0.717, 1.165) is 16.1 Å². The van der Waals surface area contributed by atoms with Crippen molar-refractivity contribution in [1.82, 2.24) is 9.97 Å². The van der Waals surface area contributed by atoms with E-state index in [-0.39, 0.29) is 5.91 Å². The van der Waals surface area contributed by atoms with E-state index in [1.54, 1.807) is 12.4 Å². The van der Waals surface area contributed by atoms with Crippen molar-refractivity contribution in [2.24, 2.45) is 0 Å². The third kappa shape index (κ3) is 3.10. The molecule has 88 valence electrons. The van der Waals surface area contributed by atoms with Gasteiger partial charge in [0.15, 0.2) is 5.13 Å². The first-order valence-electron chi connectivity index (χ1n) is 5.28. The summed E-state index contributed by atoms with van der Waals surface area (Å²) >= 11 is 1.49. The van der Waals surface area contributed by atoms with Crippen LogP contribution in [0.15, 0.2) is 24.5 Å². The first-order chi connectivity index (χ1) is 8.15. The Labute approximate surface area is 104 Å². The van der Waals surface area contributed by atoms with Gasteiger partial charge in [0.1, 0.15) is 0 Å². The van der Waals surface area contributed by atoms with E-state index in [1.807, 2.05) is 26.0 Å². The Kier molecular flexibility index (Phi) is 3.49. The van der Waals surface area contributed by atoms with Crippen molar-refractivity contribution in [3.8, 4) is 0 Å². The second kappa shape index (κ2) is 5.05. The van der Waals surface area contributed by atoms with Crippen LogP contribution in [-0.4, -0.2) is 15.9 Å². The molecule has 0 aliphatic heterocycles. The van der Waals surface area contributed by atoms with Crippen LogP contribution in [0.3, 0.4) is 0 Å². The number of anilines is 1. The third-order valence-electron chi connectivity index (χ3n) is 2.36. The van der Waals surface area contributed by atoms with Crippen LogP contribution in [0.1, 0.15) is 16.1 Å². The molecule has 0 spiro atoms. The van der Waals surface area contributed by atoms with Gasteiger partial charge < -0.3 is 5.32 Å². The molecule has 0 saturated heterocycles. The zero-order valence-electron chi connectivity index (χ0n) is 9.73. The number of aryl methyl sites for hydroxylation is 2. The molecule has 5 heteroatoms. The van der Waals surface area contributed by atoms with Gasteiger partial charge in [-0.2, -0.15) is 0 Å². The second-order valence-electron chi connectivity index (χ2n) is 3.75. The van der Waals surface area contributed by atoms with E-state index in [9.17, 15) is 4.79 Å². The largest absolute Gasteiger partial charge is 0.302 e. The minimum absolute atomic E-state index is 0.0632. The maximum atomic E-state index is 11.7. The Morgan fingerprint density at radius 2 is 2.29 bits per heavy atom. The molecule has 0 aromatic carbocycles. The Bertz CT molecular complexity index is 502. The average Bonchev–Trinajstić information content (AvgIpc) is 2.59. The molecule has 0 radical (unpaired) electrons. The van der Waals surface area contributed by atoms with Gasteiger partial charge in [-0.25, -0.2) is 4.98 Å². The number of aromatic nitrogens is 2. The lowest BCUT2D eigenvalue weighted by molar-refractivity contribution is -0.115. The molecule has 0 saturated carbocycles. The van der Waals surface area contributed by atoms with Crippen LogP contribution < -0.4 is 5.32 Å². The highest BCUT2D eigenvalue weighted by molar-refractivity contribution is 7.15. The lowest BCUT2D eigenvalue weighted by atomic mass is 10.2. The number of amides is 1. The topological polar surface area (TPSA) is 54.9 Å². The van der Waals surface area contributed by atoms with Crippen LogP contribution in [0.4, 0.5) is 5.13 Å². The molecule has 2 aromatic heterocycles. The van der Waals surface area contributed by atoms with Crippen molar-refractivity contribution < 1.29 is 4.79 Å². The molecule has 2 heterocycles. The van der Waals surface area contributed by atoms with Crippen molar-refractivity contribution in [3.63, 3.8) is 0 Å². The predicted octanol–water partition coefficient (Wildman–Crippen LogP) is 2.34. The number of nitrogens with zero attached hydrogens (tertiary/aromatic N) is 2. The van der Waals surface area contributed by atoms with Crippen LogP contribution in [0.5, 0.6) is 0 Å². The fourth-order valence-electron chi connectivity index (χ4n) is 1.38. The van der Waals surface area contributed by atoms with Gasteiger partial charge in [0, 0.05) is 17.3 Å². The molecule has 1 amide bonds. The number of carbonyl (C=O) groups excluding carboxylic acids is 1. The summed E-state index contributed by atoms with van der Waals surface area (Å²) in [4.78, 5) is 21.1. The highest BCUT2D eigenvalue weighted by Crippen LogP contribution is 2.21. The number of hydrogen-bond donors (Lipinski definition) is 1. The summed E-state index contributed by atoms with van der Waals surface area (Å²) in [5.74, 6) is -0.0632. The number of thiazole rings is 1.